The Hall–Kier alpha value is -0.850. The topological polar surface area (TPSA) is 17.1 Å². The van der Waals surface area contributed by atoms with Crippen molar-refractivity contribution < 1.29 is 4.79 Å². The lowest BCUT2D eigenvalue weighted by atomic mass is 9.90. The Labute approximate surface area is 106 Å². The maximum absolute atomic E-state index is 12.2. The first kappa shape index (κ1) is 14.2. The van der Waals surface area contributed by atoms with E-state index in [0.717, 1.165) is 18.4 Å². The maximum atomic E-state index is 12.2. The summed E-state index contributed by atoms with van der Waals surface area (Å²) in [5.74, 6) is 0.979. The van der Waals surface area contributed by atoms with Crippen molar-refractivity contribution in [2.24, 2.45) is 5.92 Å². The molecule has 0 atom stereocenters. The normalized spacial score (nSPS) is 15.7. The van der Waals surface area contributed by atoms with E-state index in [-0.39, 0.29) is 0 Å². The van der Waals surface area contributed by atoms with Gasteiger partial charge in [-0.05, 0) is 31.8 Å². The van der Waals surface area contributed by atoms with Gasteiger partial charge in [-0.25, -0.2) is 0 Å². The van der Waals surface area contributed by atoms with Crippen LogP contribution in [0.2, 0.25) is 0 Å². The second-order valence-electron chi connectivity index (χ2n) is 5.38. The van der Waals surface area contributed by atoms with Crippen LogP contribution in [0, 0.1) is 5.92 Å². The lowest BCUT2D eigenvalue weighted by molar-refractivity contribution is -0.116. The molecule has 96 valence electrons. The molecule has 0 aromatic heterocycles. The molecule has 1 rings (SSSR count). The highest BCUT2D eigenvalue weighted by molar-refractivity contribution is 5.97. The van der Waals surface area contributed by atoms with Gasteiger partial charge in [0.1, 0.15) is 0 Å². The zero-order valence-electron chi connectivity index (χ0n) is 11.8. The van der Waals surface area contributed by atoms with Crippen molar-refractivity contribution in [3.05, 3.63) is 22.8 Å². The standard InChI is InChI=1S/C16H26O/c1-5-7-14(8-6-2)11-16(17)15-9-12(3)13(4)10-15/h9,14H,5-8,10-11H2,1-4H3. The molecule has 1 heteroatoms. The second-order valence-corrected chi connectivity index (χ2v) is 5.38. The minimum Gasteiger partial charge on any atom is -0.295 e. The zero-order valence-corrected chi connectivity index (χ0v) is 11.8. The predicted octanol–water partition coefficient (Wildman–Crippen LogP) is 4.83. The minimum atomic E-state index is 0.383. The van der Waals surface area contributed by atoms with Crippen molar-refractivity contribution >= 4 is 5.78 Å². The molecule has 0 aromatic carbocycles. The molecule has 0 heterocycles. The summed E-state index contributed by atoms with van der Waals surface area (Å²) in [6.45, 7) is 8.64. The van der Waals surface area contributed by atoms with Gasteiger partial charge in [0.25, 0.3) is 0 Å². The van der Waals surface area contributed by atoms with Crippen LogP contribution < -0.4 is 0 Å². The molecule has 0 unspecified atom stereocenters. The van der Waals surface area contributed by atoms with E-state index in [0.29, 0.717) is 11.7 Å². The fourth-order valence-corrected chi connectivity index (χ4v) is 2.60. The molecule has 0 bridgehead atoms. The monoisotopic (exact) mass is 234 g/mol. The van der Waals surface area contributed by atoms with E-state index in [1.807, 2.05) is 0 Å². The molecule has 1 nitrogen and oxygen atoms in total. The first-order valence-corrected chi connectivity index (χ1v) is 6.98. The summed E-state index contributed by atoms with van der Waals surface area (Å²) in [6.07, 6.45) is 8.49. The van der Waals surface area contributed by atoms with Gasteiger partial charge in [0.15, 0.2) is 5.78 Å². The van der Waals surface area contributed by atoms with E-state index in [2.05, 4.69) is 33.8 Å². The molecule has 0 aliphatic heterocycles. The fraction of sp³-hybridized carbons (Fsp3) is 0.688. The van der Waals surface area contributed by atoms with Crippen LogP contribution in [-0.2, 0) is 4.79 Å². The van der Waals surface area contributed by atoms with Gasteiger partial charge in [0.05, 0.1) is 0 Å². The van der Waals surface area contributed by atoms with Crippen LogP contribution in [0.25, 0.3) is 0 Å². The molecule has 1 aliphatic carbocycles. The van der Waals surface area contributed by atoms with Gasteiger partial charge in [0, 0.05) is 6.42 Å². The second kappa shape index (κ2) is 6.78. The number of carbonyl (C=O) groups is 1. The van der Waals surface area contributed by atoms with Crippen molar-refractivity contribution in [2.45, 2.75) is 66.2 Å². The first-order valence-electron chi connectivity index (χ1n) is 6.98. The summed E-state index contributed by atoms with van der Waals surface area (Å²) in [5.41, 5.74) is 3.68. The van der Waals surface area contributed by atoms with Crippen molar-refractivity contribution in [1.82, 2.24) is 0 Å². The van der Waals surface area contributed by atoms with E-state index in [4.69, 9.17) is 0 Å². The molecule has 1 aliphatic rings. The van der Waals surface area contributed by atoms with Gasteiger partial charge < -0.3 is 0 Å². The number of hydrogen-bond donors (Lipinski definition) is 0. The summed E-state index contributed by atoms with van der Waals surface area (Å²) in [5, 5.41) is 0. The number of hydrogen-bond acceptors (Lipinski definition) is 1. The number of Topliss-reactive ketones (excluding diaryl/α,β-unsaturated/α-hetero) is 1. The summed E-state index contributed by atoms with van der Waals surface area (Å²) in [7, 11) is 0. The first-order chi connectivity index (χ1) is 8.08. The van der Waals surface area contributed by atoms with Crippen LogP contribution in [0.3, 0.4) is 0 Å². The lowest BCUT2D eigenvalue weighted by Crippen LogP contribution is -2.10. The molecule has 0 N–H and O–H groups in total. The van der Waals surface area contributed by atoms with Crippen LogP contribution in [0.1, 0.15) is 66.2 Å². The summed E-state index contributed by atoms with van der Waals surface area (Å²) < 4.78 is 0. The van der Waals surface area contributed by atoms with Crippen molar-refractivity contribution in [1.29, 1.82) is 0 Å². The molecular weight excluding hydrogens is 208 g/mol. The van der Waals surface area contributed by atoms with E-state index >= 15 is 0 Å². The average Bonchev–Trinajstić information content (AvgIpc) is 2.60. The maximum Gasteiger partial charge on any atom is 0.159 e. The van der Waals surface area contributed by atoms with E-state index in [1.165, 1.54) is 36.8 Å². The van der Waals surface area contributed by atoms with Gasteiger partial charge >= 0.3 is 0 Å². The van der Waals surface area contributed by atoms with Crippen LogP contribution in [0.15, 0.2) is 22.8 Å². The molecule has 0 saturated heterocycles. The lowest BCUT2D eigenvalue weighted by Gasteiger charge is -2.14. The molecular formula is C16H26O. The zero-order chi connectivity index (χ0) is 12.8. The van der Waals surface area contributed by atoms with Gasteiger partial charge in [-0.2, -0.15) is 0 Å². The van der Waals surface area contributed by atoms with Crippen LogP contribution >= 0.6 is 0 Å². The quantitative estimate of drug-likeness (QED) is 0.616. The van der Waals surface area contributed by atoms with Crippen LogP contribution in [-0.4, -0.2) is 5.78 Å². The third-order valence-electron chi connectivity index (χ3n) is 3.75. The summed E-state index contributed by atoms with van der Waals surface area (Å²) in [4.78, 5) is 12.2. The molecule has 0 fully saturated rings. The summed E-state index contributed by atoms with van der Waals surface area (Å²) >= 11 is 0. The highest BCUT2D eigenvalue weighted by atomic mass is 16.1. The molecule has 0 aromatic rings. The minimum absolute atomic E-state index is 0.383. The number of ketones is 1. The Bertz CT molecular complexity index is 327. The number of allylic oxidation sites excluding steroid dienone is 4. The molecule has 17 heavy (non-hydrogen) atoms. The highest BCUT2D eigenvalue weighted by Crippen LogP contribution is 2.28. The van der Waals surface area contributed by atoms with Crippen molar-refractivity contribution in [3.63, 3.8) is 0 Å². The van der Waals surface area contributed by atoms with E-state index in [9.17, 15) is 4.79 Å². The Morgan fingerprint density at radius 3 is 2.24 bits per heavy atom. The SMILES string of the molecule is CCCC(CCC)CC(=O)C1=CC(C)=C(C)C1. The Balaban J connectivity index is 2.52. The summed E-state index contributed by atoms with van der Waals surface area (Å²) in [6, 6.07) is 0. The van der Waals surface area contributed by atoms with E-state index in [1.54, 1.807) is 0 Å². The molecule has 0 amide bonds. The Kier molecular flexibility index (Phi) is 5.67. The largest absolute Gasteiger partial charge is 0.295 e. The third-order valence-corrected chi connectivity index (χ3v) is 3.75. The molecule has 0 spiro atoms. The van der Waals surface area contributed by atoms with Gasteiger partial charge in [0.2, 0.25) is 0 Å². The number of rotatable bonds is 7. The van der Waals surface area contributed by atoms with Crippen LogP contribution in [0.5, 0.6) is 0 Å². The fourth-order valence-electron chi connectivity index (χ4n) is 2.60. The smallest absolute Gasteiger partial charge is 0.159 e. The van der Waals surface area contributed by atoms with Crippen molar-refractivity contribution in [2.75, 3.05) is 0 Å². The average molecular weight is 234 g/mol. The van der Waals surface area contributed by atoms with Crippen LogP contribution in [0.4, 0.5) is 0 Å². The van der Waals surface area contributed by atoms with Gasteiger partial charge in [-0.1, -0.05) is 56.8 Å². The van der Waals surface area contributed by atoms with E-state index < -0.39 is 0 Å². The Morgan fingerprint density at radius 2 is 1.82 bits per heavy atom. The number of carbonyl (C=O) groups excluding carboxylic acids is 1. The van der Waals surface area contributed by atoms with Crippen molar-refractivity contribution in [3.8, 4) is 0 Å². The third kappa shape index (κ3) is 4.14. The predicted molar refractivity (Wildman–Crippen MR) is 74.0 cm³/mol. The highest BCUT2D eigenvalue weighted by Gasteiger charge is 2.19. The molecule has 0 saturated carbocycles. The Morgan fingerprint density at radius 1 is 1.24 bits per heavy atom. The van der Waals surface area contributed by atoms with Gasteiger partial charge in [-0.15, -0.1) is 0 Å². The molecule has 0 radical (unpaired) electrons. The van der Waals surface area contributed by atoms with Gasteiger partial charge in [-0.3, -0.25) is 4.79 Å².